The van der Waals surface area contributed by atoms with Gasteiger partial charge in [-0.2, -0.15) is 5.10 Å². The maximum atomic E-state index is 13.6. The van der Waals surface area contributed by atoms with Crippen LogP contribution < -0.4 is 5.32 Å². The zero-order valence-corrected chi connectivity index (χ0v) is 19.3. The van der Waals surface area contributed by atoms with Crippen LogP contribution in [0, 0.1) is 23.7 Å². The third-order valence-corrected chi connectivity index (χ3v) is 8.85. The fourth-order valence-corrected chi connectivity index (χ4v) is 7.58. The van der Waals surface area contributed by atoms with E-state index < -0.39 is 0 Å². The number of aromatic nitrogens is 2. The van der Waals surface area contributed by atoms with E-state index in [1.54, 1.807) is 18.3 Å². The summed E-state index contributed by atoms with van der Waals surface area (Å²) in [5, 5.41) is 8.16. The SMILES string of the molecule is COC(=O)c1ccc(-n2ncc(C(=O)NC3C4CC5CC(C4)CC3C5)c2C2CCCC2)cc1. The second-order valence-electron chi connectivity index (χ2n) is 10.8. The van der Waals surface area contributed by atoms with Gasteiger partial charge in [0.2, 0.25) is 0 Å². The number of carbonyl (C=O) groups excluding carboxylic acids is 2. The normalized spacial score (nSPS) is 30.5. The minimum absolute atomic E-state index is 0.0480. The zero-order chi connectivity index (χ0) is 22.5. The summed E-state index contributed by atoms with van der Waals surface area (Å²) in [6.45, 7) is 0. The lowest BCUT2D eigenvalue weighted by atomic mass is 9.54. The summed E-state index contributed by atoms with van der Waals surface area (Å²) in [7, 11) is 1.39. The van der Waals surface area contributed by atoms with Crippen LogP contribution in [0.2, 0.25) is 0 Å². The first-order valence-corrected chi connectivity index (χ1v) is 12.7. The molecule has 1 amide bonds. The monoisotopic (exact) mass is 447 g/mol. The van der Waals surface area contributed by atoms with Crippen molar-refractivity contribution in [1.82, 2.24) is 15.1 Å². The van der Waals surface area contributed by atoms with Crippen molar-refractivity contribution in [3.05, 3.63) is 47.3 Å². The van der Waals surface area contributed by atoms with Crippen molar-refractivity contribution in [2.45, 2.75) is 69.7 Å². The molecular weight excluding hydrogens is 414 g/mol. The average molecular weight is 448 g/mol. The van der Waals surface area contributed by atoms with Gasteiger partial charge in [-0.3, -0.25) is 4.79 Å². The van der Waals surface area contributed by atoms with E-state index in [2.05, 4.69) is 10.4 Å². The van der Waals surface area contributed by atoms with Crippen molar-refractivity contribution < 1.29 is 14.3 Å². The summed E-state index contributed by atoms with van der Waals surface area (Å²) in [5.41, 5.74) is 3.14. The molecule has 2 aromatic rings. The molecule has 5 aliphatic rings. The molecule has 1 aromatic carbocycles. The van der Waals surface area contributed by atoms with Crippen molar-refractivity contribution in [3.63, 3.8) is 0 Å². The first-order valence-electron chi connectivity index (χ1n) is 12.7. The van der Waals surface area contributed by atoms with Gasteiger partial charge in [0, 0.05) is 12.0 Å². The zero-order valence-electron chi connectivity index (χ0n) is 19.3. The van der Waals surface area contributed by atoms with Crippen LogP contribution in [0.3, 0.4) is 0 Å². The molecule has 1 aromatic heterocycles. The second-order valence-corrected chi connectivity index (χ2v) is 10.8. The topological polar surface area (TPSA) is 73.2 Å². The molecule has 0 unspecified atom stereocenters. The van der Waals surface area contributed by atoms with E-state index >= 15 is 0 Å². The molecule has 0 saturated heterocycles. The van der Waals surface area contributed by atoms with Gasteiger partial charge in [0.1, 0.15) is 0 Å². The van der Waals surface area contributed by atoms with Crippen LogP contribution in [-0.4, -0.2) is 34.8 Å². The molecular formula is C27H33N3O3. The first-order chi connectivity index (χ1) is 16.1. The predicted molar refractivity (Wildman–Crippen MR) is 124 cm³/mol. The Kier molecular flexibility index (Phi) is 5.27. The van der Waals surface area contributed by atoms with Crippen molar-refractivity contribution in [1.29, 1.82) is 0 Å². The fourth-order valence-electron chi connectivity index (χ4n) is 7.58. The van der Waals surface area contributed by atoms with Crippen LogP contribution in [0.1, 0.15) is 90.1 Å². The number of rotatable bonds is 5. The molecule has 0 radical (unpaired) electrons. The summed E-state index contributed by atoms with van der Waals surface area (Å²) in [6, 6.07) is 7.61. The maximum Gasteiger partial charge on any atom is 0.337 e. The minimum Gasteiger partial charge on any atom is -0.465 e. The van der Waals surface area contributed by atoms with Crippen molar-refractivity contribution in [3.8, 4) is 5.69 Å². The van der Waals surface area contributed by atoms with E-state index in [0.29, 0.717) is 29.4 Å². The summed E-state index contributed by atoms with van der Waals surface area (Å²) in [4.78, 5) is 25.4. The highest BCUT2D eigenvalue weighted by atomic mass is 16.5. The molecule has 1 N–H and O–H groups in total. The molecule has 0 aliphatic heterocycles. The van der Waals surface area contributed by atoms with Crippen molar-refractivity contribution in [2.75, 3.05) is 7.11 Å². The Morgan fingerprint density at radius 2 is 1.61 bits per heavy atom. The van der Waals surface area contributed by atoms with E-state index in [0.717, 1.165) is 41.6 Å². The molecule has 174 valence electrons. The van der Waals surface area contributed by atoms with Crippen LogP contribution >= 0.6 is 0 Å². The number of benzene rings is 1. The molecule has 0 atom stereocenters. The van der Waals surface area contributed by atoms with Crippen LogP contribution in [0.5, 0.6) is 0 Å². The van der Waals surface area contributed by atoms with E-state index in [9.17, 15) is 9.59 Å². The summed E-state index contributed by atoms with van der Waals surface area (Å²) >= 11 is 0. The van der Waals surface area contributed by atoms with Gasteiger partial charge in [-0.05, 0) is 92.9 Å². The van der Waals surface area contributed by atoms with Crippen LogP contribution in [0.25, 0.3) is 5.69 Å². The smallest absolute Gasteiger partial charge is 0.337 e. The van der Waals surface area contributed by atoms with E-state index in [1.807, 2.05) is 16.8 Å². The highest BCUT2D eigenvalue weighted by Crippen LogP contribution is 2.53. The Morgan fingerprint density at radius 1 is 0.970 bits per heavy atom. The third-order valence-electron chi connectivity index (χ3n) is 8.85. The molecule has 7 rings (SSSR count). The summed E-state index contributed by atoms with van der Waals surface area (Å²) in [5.74, 6) is 3.13. The lowest BCUT2D eigenvalue weighted by Crippen LogP contribution is -2.55. The Bertz CT molecular complexity index is 1020. The molecule has 5 aliphatic carbocycles. The quantitative estimate of drug-likeness (QED) is 0.664. The van der Waals surface area contributed by atoms with Gasteiger partial charge in [0.05, 0.1) is 35.8 Å². The average Bonchev–Trinajstić information content (AvgIpc) is 3.50. The number of nitrogens with one attached hydrogen (secondary N) is 1. The number of methoxy groups -OCH3 is 1. The highest BCUT2D eigenvalue weighted by Gasteiger charge is 2.48. The summed E-state index contributed by atoms with van der Waals surface area (Å²) < 4.78 is 6.74. The third kappa shape index (κ3) is 3.68. The van der Waals surface area contributed by atoms with Crippen LogP contribution in [0.15, 0.2) is 30.5 Å². The molecule has 33 heavy (non-hydrogen) atoms. The lowest BCUT2D eigenvalue weighted by Gasteiger charge is -2.54. The Labute approximate surface area is 195 Å². The number of hydrogen-bond acceptors (Lipinski definition) is 4. The second kappa shape index (κ2) is 8.30. The van der Waals surface area contributed by atoms with Gasteiger partial charge in [0.25, 0.3) is 5.91 Å². The standard InChI is InChI=1S/C27H33N3O3/c1-33-27(32)19-6-8-22(9-7-19)30-25(18-4-2-3-5-18)23(15-28-30)26(31)29-24-20-11-16-10-17(13-20)14-21(24)12-16/h6-9,15-18,20-21,24H,2-5,10-14H2,1H3,(H,29,31). The van der Waals surface area contributed by atoms with E-state index in [-0.39, 0.29) is 11.9 Å². The Hall–Kier alpha value is -2.63. The maximum absolute atomic E-state index is 13.6. The molecule has 1 heterocycles. The van der Waals surface area contributed by atoms with Gasteiger partial charge in [0.15, 0.2) is 0 Å². The van der Waals surface area contributed by atoms with Gasteiger partial charge in [-0.25, -0.2) is 9.48 Å². The number of amides is 1. The van der Waals surface area contributed by atoms with Crippen molar-refractivity contribution >= 4 is 11.9 Å². The minimum atomic E-state index is -0.353. The lowest BCUT2D eigenvalue weighted by molar-refractivity contribution is -0.0119. The summed E-state index contributed by atoms with van der Waals surface area (Å²) in [6.07, 6.45) is 12.9. The Balaban J connectivity index is 1.29. The van der Waals surface area contributed by atoms with Gasteiger partial charge >= 0.3 is 5.97 Å². The van der Waals surface area contributed by atoms with E-state index in [1.165, 1.54) is 52.1 Å². The van der Waals surface area contributed by atoms with Crippen molar-refractivity contribution in [2.24, 2.45) is 23.7 Å². The molecule has 6 heteroatoms. The molecule has 5 fully saturated rings. The largest absolute Gasteiger partial charge is 0.465 e. The first kappa shape index (κ1) is 20.9. The Morgan fingerprint density at radius 3 is 2.21 bits per heavy atom. The number of ether oxygens (including phenoxy) is 1. The van der Waals surface area contributed by atoms with Gasteiger partial charge in [-0.15, -0.1) is 0 Å². The number of hydrogen-bond donors (Lipinski definition) is 1. The molecule has 6 nitrogen and oxygen atoms in total. The predicted octanol–water partition coefficient (Wildman–Crippen LogP) is 4.87. The molecule has 0 spiro atoms. The molecule has 4 bridgehead atoms. The number of carbonyl (C=O) groups is 2. The van der Waals surface area contributed by atoms with Gasteiger partial charge < -0.3 is 10.1 Å². The van der Waals surface area contributed by atoms with E-state index in [4.69, 9.17) is 4.74 Å². The number of esters is 1. The van der Waals surface area contributed by atoms with Gasteiger partial charge in [-0.1, -0.05) is 12.8 Å². The van der Waals surface area contributed by atoms with Crippen LogP contribution in [-0.2, 0) is 4.74 Å². The molecule has 5 saturated carbocycles. The fraction of sp³-hybridized carbons (Fsp3) is 0.593. The van der Waals surface area contributed by atoms with Crippen LogP contribution in [0.4, 0.5) is 0 Å². The number of nitrogens with zero attached hydrogens (tertiary/aromatic N) is 2. The highest BCUT2D eigenvalue weighted by molar-refractivity contribution is 5.96.